The maximum atomic E-state index is 12.4. The molecule has 0 aliphatic carbocycles. The van der Waals surface area contributed by atoms with Crippen LogP contribution in [-0.2, 0) is 6.54 Å². The molecule has 0 aliphatic heterocycles. The lowest BCUT2D eigenvalue weighted by Crippen LogP contribution is -2.28. The van der Waals surface area contributed by atoms with E-state index in [2.05, 4.69) is 15.7 Å². The molecule has 0 aliphatic rings. The summed E-state index contributed by atoms with van der Waals surface area (Å²) in [7, 11) is 4.00. The van der Waals surface area contributed by atoms with Crippen LogP contribution >= 0.6 is 0 Å². The number of rotatable bonds is 5. The van der Waals surface area contributed by atoms with Crippen LogP contribution in [0, 0.1) is 13.8 Å². The van der Waals surface area contributed by atoms with E-state index < -0.39 is 0 Å². The first-order valence-corrected chi connectivity index (χ1v) is 8.88. The average Bonchev–Trinajstić information content (AvgIpc) is 2.99. The number of urea groups is 1. The molecular weight excluding hydrogens is 338 g/mol. The quantitative estimate of drug-likeness (QED) is 0.723. The number of carbonyl (C=O) groups excluding carboxylic acids is 1. The van der Waals surface area contributed by atoms with Crippen LogP contribution in [0.4, 0.5) is 16.2 Å². The number of hydrogen-bond donors (Lipinski definition) is 2. The van der Waals surface area contributed by atoms with Crippen molar-refractivity contribution in [2.45, 2.75) is 20.4 Å². The molecule has 3 rings (SSSR count). The largest absolute Gasteiger partial charge is 0.378 e. The van der Waals surface area contributed by atoms with E-state index in [1.807, 2.05) is 92.1 Å². The molecule has 2 N–H and O–H groups in total. The van der Waals surface area contributed by atoms with E-state index in [0.29, 0.717) is 12.2 Å². The van der Waals surface area contributed by atoms with Crippen molar-refractivity contribution in [2.24, 2.45) is 0 Å². The molecule has 0 radical (unpaired) electrons. The van der Waals surface area contributed by atoms with Crippen molar-refractivity contribution in [3.63, 3.8) is 0 Å². The van der Waals surface area contributed by atoms with Crippen molar-refractivity contribution in [3.05, 3.63) is 71.5 Å². The lowest BCUT2D eigenvalue weighted by molar-refractivity contribution is 0.251. The average molecular weight is 363 g/mol. The maximum absolute atomic E-state index is 12.4. The van der Waals surface area contributed by atoms with Gasteiger partial charge in [-0.2, -0.15) is 5.10 Å². The predicted octanol–water partition coefficient (Wildman–Crippen LogP) is 3.88. The minimum absolute atomic E-state index is 0.249. The number of amides is 2. The van der Waals surface area contributed by atoms with E-state index >= 15 is 0 Å². The molecule has 6 heteroatoms. The van der Waals surface area contributed by atoms with Crippen LogP contribution in [0.5, 0.6) is 0 Å². The molecule has 3 aromatic rings. The number of carbonyl (C=O) groups is 1. The van der Waals surface area contributed by atoms with Crippen LogP contribution in [0.15, 0.2) is 54.6 Å². The van der Waals surface area contributed by atoms with E-state index in [1.165, 1.54) is 0 Å². The number of nitrogens with zero attached hydrogens (tertiary/aromatic N) is 3. The molecule has 2 amide bonds. The number of anilines is 2. The Morgan fingerprint density at radius 2 is 1.78 bits per heavy atom. The molecule has 1 aromatic heterocycles. The van der Waals surface area contributed by atoms with E-state index in [1.54, 1.807) is 0 Å². The van der Waals surface area contributed by atoms with E-state index in [-0.39, 0.29) is 6.03 Å². The fraction of sp³-hybridized carbons (Fsp3) is 0.238. The Morgan fingerprint density at radius 1 is 1.07 bits per heavy atom. The summed E-state index contributed by atoms with van der Waals surface area (Å²) in [6.45, 7) is 4.41. The monoisotopic (exact) mass is 363 g/mol. The van der Waals surface area contributed by atoms with Crippen LogP contribution < -0.4 is 15.5 Å². The Bertz CT molecular complexity index is 928. The number of para-hydroxylation sites is 2. The lowest BCUT2D eigenvalue weighted by atomic mass is 10.2. The van der Waals surface area contributed by atoms with Gasteiger partial charge in [-0.3, -0.25) is 0 Å². The van der Waals surface area contributed by atoms with Crippen LogP contribution in [0.25, 0.3) is 5.69 Å². The Kier molecular flexibility index (Phi) is 5.45. The van der Waals surface area contributed by atoms with Gasteiger partial charge in [-0.05, 0) is 49.7 Å². The van der Waals surface area contributed by atoms with E-state index in [9.17, 15) is 4.79 Å². The van der Waals surface area contributed by atoms with Gasteiger partial charge in [0, 0.05) is 32.0 Å². The molecule has 0 spiro atoms. The summed E-state index contributed by atoms with van der Waals surface area (Å²) in [5, 5.41) is 10.3. The molecule has 1 heterocycles. The lowest BCUT2D eigenvalue weighted by Gasteiger charge is -2.14. The molecule has 0 bridgehead atoms. The predicted molar refractivity (Wildman–Crippen MR) is 110 cm³/mol. The van der Waals surface area contributed by atoms with Gasteiger partial charge in [0.05, 0.1) is 17.1 Å². The SMILES string of the molecule is Cc1cc(C)n(-c2ccccc2NC(=O)NCc2ccc(N(C)C)cc2)n1. The normalized spacial score (nSPS) is 10.5. The van der Waals surface area contributed by atoms with Gasteiger partial charge < -0.3 is 15.5 Å². The van der Waals surface area contributed by atoms with Gasteiger partial charge in [0.15, 0.2) is 0 Å². The highest BCUT2D eigenvalue weighted by molar-refractivity contribution is 5.91. The molecule has 0 saturated heterocycles. The van der Waals surface area contributed by atoms with Crippen molar-refractivity contribution < 1.29 is 4.79 Å². The van der Waals surface area contributed by atoms with Crippen LogP contribution in [-0.4, -0.2) is 29.9 Å². The fourth-order valence-corrected chi connectivity index (χ4v) is 2.90. The summed E-state index contributed by atoms with van der Waals surface area (Å²) in [6.07, 6.45) is 0. The van der Waals surface area contributed by atoms with Crippen molar-refractivity contribution in [1.82, 2.24) is 15.1 Å². The first kappa shape index (κ1) is 18.5. The number of nitrogens with one attached hydrogen (secondary N) is 2. The van der Waals surface area contributed by atoms with Crippen LogP contribution in [0.1, 0.15) is 17.0 Å². The van der Waals surface area contributed by atoms with Gasteiger partial charge in [0.2, 0.25) is 0 Å². The molecule has 140 valence electrons. The summed E-state index contributed by atoms with van der Waals surface area (Å²) in [6, 6.07) is 17.5. The molecule has 0 unspecified atom stereocenters. The highest BCUT2D eigenvalue weighted by Gasteiger charge is 2.11. The van der Waals surface area contributed by atoms with E-state index in [4.69, 9.17) is 0 Å². The molecule has 6 nitrogen and oxygen atoms in total. The van der Waals surface area contributed by atoms with Crippen molar-refractivity contribution >= 4 is 17.4 Å². The van der Waals surface area contributed by atoms with Crippen molar-refractivity contribution in [1.29, 1.82) is 0 Å². The van der Waals surface area contributed by atoms with Crippen LogP contribution in [0.3, 0.4) is 0 Å². The number of benzene rings is 2. The fourth-order valence-electron chi connectivity index (χ4n) is 2.90. The number of aromatic nitrogens is 2. The molecule has 27 heavy (non-hydrogen) atoms. The smallest absolute Gasteiger partial charge is 0.319 e. The van der Waals surface area contributed by atoms with Crippen LogP contribution in [0.2, 0.25) is 0 Å². The minimum atomic E-state index is -0.249. The van der Waals surface area contributed by atoms with Gasteiger partial charge in [-0.15, -0.1) is 0 Å². The summed E-state index contributed by atoms with van der Waals surface area (Å²) < 4.78 is 1.84. The molecular formula is C21H25N5O. The third-order valence-corrected chi connectivity index (χ3v) is 4.30. The van der Waals surface area contributed by atoms with Gasteiger partial charge in [-0.25, -0.2) is 9.48 Å². The minimum Gasteiger partial charge on any atom is -0.378 e. The Balaban J connectivity index is 1.67. The Morgan fingerprint density at radius 3 is 2.41 bits per heavy atom. The maximum Gasteiger partial charge on any atom is 0.319 e. The zero-order chi connectivity index (χ0) is 19.4. The molecule has 2 aromatic carbocycles. The zero-order valence-electron chi connectivity index (χ0n) is 16.2. The van der Waals surface area contributed by atoms with E-state index in [0.717, 1.165) is 28.3 Å². The van der Waals surface area contributed by atoms with Gasteiger partial charge >= 0.3 is 6.03 Å². The number of hydrogen-bond acceptors (Lipinski definition) is 3. The second-order valence-corrected chi connectivity index (χ2v) is 6.72. The summed E-state index contributed by atoms with van der Waals surface area (Å²) in [5.41, 5.74) is 5.68. The summed E-state index contributed by atoms with van der Waals surface area (Å²) >= 11 is 0. The Hall–Kier alpha value is -3.28. The summed E-state index contributed by atoms with van der Waals surface area (Å²) in [5.74, 6) is 0. The standard InChI is InChI=1S/C21H25N5O/c1-15-13-16(2)26(24-15)20-8-6-5-7-19(20)23-21(27)22-14-17-9-11-18(12-10-17)25(3)4/h5-13H,14H2,1-4H3,(H2,22,23,27). The van der Waals surface area contributed by atoms with Gasteiger partial charge in [0.1, 0.15) is 0 Å². The molecule has 0 saturated carbocycles. The zero-order valence-corrected chi connectivity index (χ0v) is 16.2. The van der Waals surface area contributed by atoms with Gasteiger partial charge in [-0.1, -0.05) is 24.3 Å². The first-order valence-electron chi connectivity index (χ1n) is 8.88. The number of aryl methyl sites for hydroxylation is 2. The topological polar surface area (TPSA) is 62.2 Å². The highest BCUT2D eigenvalue weighted by atomic mass is 16.2. The van der Waals surface area contributed by atoms with Crippen molar-refractivity contribution in [2.75, 3.05) is 24.3 Å². The molecule has 0 fully saturated rings. The Labute approximate surface area is 159 Å². The van der Waals surface area contributed by atoms with Crippen molar-refractivity contribution in [3.8, 4) is 5.69 Å². The first-order chi connectivity index (χ1) is 12.9. The second-order valence-electron chi connectivity index (χ2n) is 6.72. The summed E-state index contributed by atoms with van der Waals surface area (Å²) in [4.78, 5) is 14.4. The third-order valence-electron chi connectivity index (χ3n) is 4.30. The highest BCUT2D eigenvalue weighted by Crippen LogP contribution is 2.21. The second kappa shape index (κ2) is 7.95. The molecule has 0 atom stereocenters. The third kappa shape index (κ3) is 4.47. The van der Waals surface area contributed by atoms with Gasteiger partial charge in [0.25, 0.3) is 0 Å².